The predicted octanol–water partition coefficient (Wildman–Crippen LogP) is 3.52. The average Bonchev–Trinajstić information content (AvgIpc) is 2.27. The fraction of sp³-hybridized carbons (Fsp3) is 0.500. The molecular formula is C14H19FO2. The summed E-state index contributed by atoms with van der Waals surface area (Å²) in [4.78, 5) is 11.8. The van der Waals surface area contributed by atoms with Crippen molar-refractivity contribution in [3.63, 3.8) is 0 Å². The molecule has 0 fully saturated rings. The van der Waals surface area contributed by atoms with Crippen molar-refractivity contribution in [2.24, 2.45) is 5.92 Å². The smallest absolute Gasteiger partial charge is 0.313 e. The largest absolute Gasteiger partial charge is 0.466 e. The Morgan fingerprint density at radius 1 is 1.29 bits per heavy atom. The molecule has 0 bridgehead atoms. The Morgan fingerprint density at radius 2 is 1.88 bits per heavy atom. The molecule has 0 radical (unpaired) electrons. The van der Waals surface area contributed by atoms with Crippen LogP contribution in [-0.4, -0.2) is 12.6 Å². The predicted molar refractivity (Wildman–Crippen MR) is 65.2 cm³/mol. The zero-order valence-corrected chi connectivity index (χ0v) is 10.6. The van der Waals surface area contributed by atoms with Gasteiger partial charge in [0, 0.05) is 0 Å². The molecule has 0 N–H and O–H groups in total. The minimum Gasteiger partial charge on any atom is -0.466 e. The number of hydrogen-bond donors (Lipinski definition) is 0. The van der Waals surface area contributed by atoms with Gasteiger partial charge in [0.05, 0.1) is 12.5 Å². The lowest BCUT2D eigenvalue weighted by atomic mass is 9.90. The number of hydrogen-bond acceptors (Lipinski definition) is 2. The molecule has 1 rings (SSSR count). The lowest BCUT2D eigenvalue weighted by Crippen LogP contribution is -2.18. The molecule has 0 spiro atoms. The minimum absolute atomic E-state index is 0.229. The Morgan fingerprint density at radius 3 is 2.35 bits per heavy atom. The van der Waals surface area contributed by atoms with Gasteiger partial charge in [-0.2, -0.15) is 0 Å². The molecule has 0 aliphatic rings. The Labute approximate surface area is 102 Å². The van der Waals surface area contributed by atoms with Gasteiger partial charge in [-0.05, 0) is 37.0 Å². The van der Waals surface area contributed by atoms with Crippen LogP contribution in [0.15, 0.2) is 24.3 Å². The molecule has 2 nitrogen and oxygen atoms in total. The molecule has 0 saturated carbocycles. The summed E-state index contributed by atoms with van der Waals surface area (Å²) in [5.74, 6) is -0.432. The van der Waals surface area contributed by atoms with Gasteiger partial charge < -0.3 is 4.74 Å². The second kappa shape index (κ2) is 6.38. The van der Waals surface area contributed by atoms with E-state index in [1.54, 1.807) is 19.1 Å². The number of esters is 1. The van der Waals surface area contributed by atoms with Crippen LogP contribution in [-0.2, 0) is 9.53 Å². The summed E-state index contributed by atoms with van der Waals surface area (Å²) in [6.45, 7) is 6.26. The van der Waals surface area contributed by atoms with E-state index in [0.29, 0.717) is 18.9 Å². The molecule has 0 aromatic heterocycles. The first kappa shape index (κ1) is 13.7. The van der Waals surface area contributed by atoms with Gasteiger partial charge in [-0.1, -0.05) is 26.0 Å². The van der Waals surface area contributed by atoms with E-state index in [4.69, 9.17) is 4.74 Å². The molecular weight excluding hydrogens is 219 g/mol. The second-order valence-corrected chi connectivity index (χ2v) is 4.49. The summed E-state index contributed by atoms with van der Waals surface area (Å²) >= 11 is 0. The van der Waals surface area contributed by atoms with E-state index in [2.05, 4.69) is 13.8 Å². The van der Waals surface area contributed by atoms with Crippen LogP contribution in [0.3, 0.4) is 0 Å². The molecule has 0 aliphatic heterocycles. The molecule has 0 heterocycles. The first-order valence-corrected chi connectivity index (χ1v) is 5.96. The highest BCUT2D eigenvalue weighted by Gasteiger charge is 2.22. The third-order valence-electron chi connectivity index (χ3n) is 2.55. The van der Waals surface area contributed by atoms with Gasteiger partial charge in [-0.25, -0.2) is 4.39 Å². The van der Waals surface area contributed by atoms with Crippen molar-refractivity contribution in [1.29, 1.82) is 0 Å². The number of carbonyl (C=O) groups is 1. The van der Waals surface area contributed by atoms with E-state index in [1.807, 2.05) is 0 Å². The summed E-state index contributed by atoms with van der Waals surface area (Å²) in [5, 5.41) is 0. The van der Waals surface area contributed by atoms with Crippen LogP contribution in [0.5, 0.6) is 0 Å². The number of benzene rings is 1. The molecule has 94 valence electrons. The maximum absolute atomic E-state index is 12.8. The third-order valence-corrected chi connectivity index (χ3v) is 2.55. The summed E-state index contributed by atoms with van der Waals surface area (Å²) in [6.07, 6.45) is 0.713. The Kier molecular flexibility index (Phi) is 5.13. The maximum atomic E-state index is 12.8. The second-order valence-electron chi connectivity index (χ2n) is 4.49. The minimum atomic E-state index is -0.296. The summed E-state index contributed by atoms with van der Waals surface area (Å²) < 4.78 is 17.9. The van der Waals surface area contributed by atoms with Crippen molar-refractivity contribution >= 4 is 5.97 Å². The lowest BCUT2D eigenvalue weighted by molar-refractivity contribution is -0.145. The van der Waals surface area contributed by atoms with Crippen LogP contribution in [0, 0.1) is 11.7 Å². The first-order chi connectivity index (χ1) is 8.04. The van der Waals surface area contributed by atoms with Gasteiger partial charge in [-0.15, -0.1) is 0 Å². The van der Waals surface area contributed by atoms with Crippen molar-refractivity contribution in [2.75, 3.05) is 6.61 Å². The SMILES string of the molecule is CCOC(=O)C(CC(C)C)c1ccc(F)cc1. The van der Waals surface area contributed by atoms with E-state index in [-0.39, 0.29) is 17.7 Å². The Bertz CT molecular complexity index is 357. The maximum Gasteiger partial charge on any atom is 0.313 e. The van der Waals surface area contributed by atoms with Crippen LogP contribution in [0.2, 0.25) is 0 Å². The highest BCUT2D eigenvalue weighted by molar-refractivity contribution is 5.78. The van der Waals surface area contributed by atoms with Gasteiger partial charge in [0.1, 0.15) is 5.82 Å². The highest BCUT2D eigenvalue weighted by Crippen LogP contribution is 2.25. The van der Waals surface area contributed by atoms with Crippen molar-refractivity contribution in [3.05, 3.63) is 35.6 Å². The zero-order valence-electron chi connectivity index (χ0n) is 10.6. The topological polar surface area (TPSA) is 26.3 Å². The normalized spacial score (nSPS) is 12.5. The highest BCUT2D eigenvalue weighted by atomic mass is 19.1. The van der Waals surface area contributed by atoms with E-state index in [0.717, 1.165) is 5.56 Å². The van der Waals surface area contributed by atoms with E-state index in [9.17, 15) is 9.18 Å². The van der Waals surface area contributed by atoms with Gasteiger partial charge in [-0.3, -0.25) is 4.79 Å². The summed E-state index contributed by atoms with van der Waals surface area (Å²) in [5.41, 5.74) is 0.818. The Hall–Kier alpha value is -1.38. The van der Waals surface area contributed by atoms with Crippen LogP contribution in [0.1, 0.15) is 38.7 Å². The van der Waals surface area contributed by atoms with Crippen LogP contribution in [0.25, 0.3) is 0 Å². The number of carbonyl (C=O) groups excluding carboxylic acids is 1. The van der Waals surface area contributed by atoms with Crippen LogP contribution < -0.4 is 0 Å². The monoisotopic (exact) mass is 238 g/mol. The van der Waals surface area contributed by atoms with Crippen LogP contribution >= 0.6 is 0 Å². The van der Waals surface area contributed by atoms with E-state index in [1.165, 1.54) is 12.1 Å². The number of rotatable bonds is 5. The van der Waals surface area contributed by atoms with Crippen molar-refractivity contribution in [1.82, 2.24) is 0 Å². The molecule has 1 atom stereocenters. The fourth-order valence-corrected chi connectivity index (χ4v) is 1.78. The molecule has 0 aliphatic carbocycles. The first-order valence-electron chi connectivity index (χ1n) is 5.96. The lowest BCUT2D eigenvalue weighted by Gasteiger charge is -2.17. The quantitative estimate of drug-likeness (QED) is 0.734. The van der Waals surface area contributed by atoms with Crippen LogP contribution in [0.4, 0.5) is 4.39 Å². The fourth-order valence-electron chi connectivity index (χ4n) is 1.78. The van der Waals surface area contributed by atoms with Crippen molar-refractivity contribution in [3.8, 4) is 0 Å². The van der Waals surface area contributed by atoms with Gasteiger partial charge in [0.2, 0.25) is 0 Å². The zero-order chi connectivity index (χ0) is 12.8. The van der Waals surface area contributed by atoms with Gasteiger partial charge in [0.25, 0.3) is 0 Å². The average molecular weight is 238 g/mol. The third kappa shape index (κ3) is 4.17. The summed E-state index contributed by atoms with van der Waals surface area (Å²) in [6, 6.07) is 6.06. The van der Waals surface area contributed by atoms with E-state index < -0.39 is 0 Å². The molecule has 0 saturated heterocycles. The molecule has 1 aromatic carbocycles. The molecule has 1 unspecified atom stereocenters. The molecule has 17 heavy (non-hydrogen) atoms. The number of halogens is 1. The van der Waals surface area contributed by atoms with Crippen molar-refractivity contribution < 1.29 is 13.9 Å². The Balaban J connectivity index is 2.89. The number of ether oxygens (including phenoxy) is 1. The molecule has 3 heteroatoms. The van der Waals surface area contributed by atoms with E-state index >= 15 is 0 Å². The molecule has 0 amide bonds. The van der Waals surface area contributed by atoms with Gasteiger partial charge >= 0.3 is 5.97 Å². The summed E-state index contributed by atoms with van der Waals surface area (Å²) in [7, 11) is 0. The standard InChI is InChI=1S/C14H19FO2/c1-4-17-14(16)13(9-10(2)3)11-5-7-12(15)8-6-11/h5-8,10,13H,4,9H2,1-3H3. The molecule has 1 aromatic rings. The van der Waals surface area contributed by atoms with Gasteiger partial charge in [0.15, 0.2) is 0 Å². The van der Waals surface area contributed by atoms with Crippen molar-refractivity contribution in [2.45, 2.75) is 33.1 Å².